The van der Waals surface area contributed by atoms with Crippen molar-refractivity contribution in [1.82, 2.24) is 15.0 Å². The molecule has 6 nitrogen and oxygen atoms in total. The summed E-state index contributed by atoms with van der Waals surface area (Å²) in [6.07, 6.45) is 0. The van der Waals surface area contributed by atoms with Gasteiger partial charge in [0, 0.05) is 22.3 Å². The maximum Gasteiger partial charge on any atom is 0.434 e. The fourth-order valence-corrected chi connectivity index (χ4v) is 6.96. The van der Waals surface area contributed by atoms with Gasteiger partial charge in [-0.05, 0) is 80.0 Å². The molecule has 0 spiro atoms. The van der Waals surface area contributed by atoms with Crippen molar-refractivity contribution in [2.45, 2.75) is 6.54 Å². The van der Waals surface area contributed by atoms with Crippen LogP contribution in [0.2, 0.25) is 0 Å². The van der Waals surface area contributed by atoms with E-state index < -0.39 is 0 Å². The largest absolute Gasteiger partial charge is 0.434 e. The second-order valence-electron chi connectivity index (χ2n) is 14.0. The van der Waals surface area contributed by atoms with Crippen molar-refractivity contribution >= 4 is 22.4 Å². The predicted octanol–water partition coefficient (Wildman–Crippen LogP) is 12.7. The molecule has 0 radical (unpaired) electrons. The molecule has 59 heavy (non-hydrogen) atoms. The molecule has 0 fully saturated rings. The lowest BCUT2D eigenvalue weighted by molar-refractivity contribution is 1.06. The molecule has 0 amide bonds. The second-order valence-corrected chi connectivity index (χ2v) is 14.0. The van der Waals surface area contributed by atoms with Crippen LogP contribution in [0.25, 0.3) is 72.0 Å². The third-order valence-corrected chi connectivity index (χ3v) is 10.1. The number of amidine groups is 2. The highest BCUT2D eigenvalue weighted by atomic mass is 15.0. The molecule has 9 aromatic rings. The molecule has 8 aromatic carbocycles. The van der Waals surface area contributed by atoms with E-state index in [4.69, 9.17) is 31.5 Å². The molecular weight excluding hydrogens is 721 g/mol. The van der Waals surface area contributed by atoms with Crippen molar-refractivity contribution in [3.05, 3.63) is 228 Å². The quantitative estimate of drug-likeness (QED) is 0.109. The zero-order chi connectivity index (χ0) is 39.8. The van der Waals surface area contributed by atoms with E-state index in [1.165, 1.54) is 0 Å². The minimum atomic E-state index is 0.420. The van der Waals surface area contributed by atoms with Gasteiger partial charge in [-0.2, -0.15) is 4.85 Å². The van der Waals surface area contributed by atoms with E-state index in [2.05, 4.69) is 102 Å². The van der Waals surface area contributed by atoms with Crippen LogP contribution in [0.4, 0.5) is 0 Å². The average molecular weight is 758 g/mol. The van der Waals surface area contributed by atoms with Crippen molar-refractivity contribution in [2.75, 3.05) is 0 Å². The van der Waals surface area contributed by atoms with E-state index in [1.54, 1.807) is 0 Å². The van der Waals surface area contributed by atoms with Crippen molar-refractivity contribution < 1.29 is 0 Å². The third-order valence-electron chi connectivity index (χ3n) is 10.1. The van der Waals surface area contributed by atoms with Crippen LogP contribution in [-0.2, 0) is 6.54 Å². The van der Waals surface area contributed by atoms with Crippen molar-refractivity contribution in [1.29, 1.82) is 0 Å². The lowest BCUT2D eigenvalue weighted by Gasteiger charge is -2.10. The van der Waals surface area contributed by atoms with Crippen molar-refractivity contribution in [3.63, 3.8) is 0 Å². The highest BCUT2D eigenvalue weighted by Gasteiger charge is 2.18. The Bertz CT molecular complexity index is 2920. The standard InChI is InChI=1S/C53H37N6/c1-54-49(40-16-8-3-9-17-40)56-50(55-36-37-14-6-2-7-15-37)43-26-22-38(23-27-43)45-30-32-48-35-46(31-33-47(48)34-45)39-24-28-44(29-25-39)53-58-51(41-18-10-4-11-19-41)57-52(59-53)42-20-12-5-13-21-42/h1-35H,36H2/q+1. The number of benzene rings is 8. The minimum Gasteiger partial charge on any atom is -0.239 e. The summed E-state index contributed by atoms with van der Waals surface area (Å²) in [5, 5.41) is 2.32. The van der Waals surface area contributed by atoms with E-state index in [9.17, 15) is 0 Å². The molecule has 0 aliphatic heterocycles. The zero-order valence-electron chi connectivity index (χ0n) is 32.1. The molecule has 0 aliphatic carbocycles. The van der Waals surface area contributed by atoms with Gasteiger partial charge in [0.05, 0.1) is 12.1 Å². The summed E-state index contributed by atoms with van der Waals surface area (Å²) in [7, 11) is 0. The monoisotopic (exact) mass is 757 g/mol. The van der Waals surface area contributed by atoms with E-state index in [-0.39, 0.29) is 0 Å². The average Bonchev–Trinajstić information content (AvgIpc) is 3.32. The number of hydrogen-bond acceptors (Lipinski definition) is 4. The van der Waals surface area contributed by atoms with Gasteiger partial charge in [0.1, 0.15) is 6.57 Å². The van der Waals surface area contributed by atoms with Crippen LogP contribution in [0, 0.1) is 6.57 Å². The van der Waals surface area contributed by atoms with Crippen LogP contribution in [0.3, 0.4) is 0 Å². The van der Waals surface area contributed by atoms with Crippen LogP contribution in [0.5, 0.6) is 0 Å². The smallest absolute Gasteiger partial charge is 0.239 e. The highest BCUT2D eigenvalue weighted by Crippen LogP contribution is 2.31. The molecule has 0 atom stereocenters. The minimum absolute atomic E-state index is 0.420. The molecule has 0 N–H and O–H groups in total. The number of fused-ring (bicyclic) bond motifs is 1. The van der Waals surface area contributed by atoms with Gasteiger partial charge in [0.2, 0.25) is 0 Å². The van der Waals surface area contributed by atoms with E-state index in [0.29, 0.717) is 35.7 Å². The van der Waals surface area contributed by atoms with Crippen LogP contribution >= 0.6 is 0 Å². The zero-order valence-corrected chi connectivity index (χ0v) is 32.1. The Morgan fingerprint density at radius 1 is 0.407 bits per heavy atom. The van der Waals surface area contributed by atoms with Gasteiger partial charge >= 0.3 is 5.84 Å². The first-order chi connectivity index (χ1) is 29.2. The SMILES string of the molecule is C#[N+]C(=NC(=NCc1ccccc1)c1ccc(-c2ccc3cc(-c4ccc(-c5nc(-c6ccccc6)nc(-c6ccccc6)n5)cc4)ccc3c2)cc1)c1ccccc1. The van der Waals surface area contributed by atoms with E-state index >= 15 is 0 Å². The molecule has 0 saturated carbocycles. The Kier molecular flexibility index (Phi) is 10.5. The van der Waals surface area contributed by atoms with Gasteiger partial charge < -0.3 is 0 Å². The van der Waals surface area contributed by atoms with Gasteiger partial charge in [-0.1, -0.05) is 170 Å². The van der Waals surface area contributed by atoms with Crippen LogP contribution in [0.15, 0.2) is 216 Å². The Morgan fingerprint density at radius 2 is 0.814 bits per heavy atom. The Hall–Kier alpha value is -8.14. The number of aliphatic imine (C=N–C) groups is 2. The first-order valence-corrected chi connectivity index (χ1v) is 19.4. The lowest BCUT2D eigenvalue weighted by atomic mass is 9.97. The summed E-state index contributed by atoms with van der Waals surface area (Å²) in [6.45, 7) is 6.31. The Labute approximate surface area is 343 Å². The summed E-state index contributed by atoms with van der Waals surface area (Å²) >= 11 is 0. The summed E-state index contributed by atoms with van der Waals surface area (Å²) in [4.78, 5) is 28.4. The topological polar surface area (TPSA) is 67.8 Å². The Balaban J connectivity index is 0.969. The molecule has 1 heterocycles. The lowest BCUT2D eigenvalue weighted by Crippen LogP contribution is -2.04. The van der Waals surface area contributed by atoms with Crippen molar-refractivity contribution in [2.24, 2.45) is 9.98 Å². The second kappa shape index (κ2) is 16.9. The summed E-state index contributed by atoms with van der Waals surface area (Å²) < 4.78 is 0. The first-order valence-electron chi connectivity index (χ1n) is 19.4. The van der Waals surface area contributed by atoms with E-state index in [0.717, 1.165) is 66.4 Å². The molecule has 6 heteroatoms. The normalized spacial score (nSPS) is 11.6. The molecule has 0 saturated heterocycles. The van der Waals surface area contributed by atoms with E-state index in [1.807, 2.05) is 109 Å². The highest BCUT2D eigenvalue weighted by molar-refractivity contribution is 6.15. The summed E-state index contributed by atoms with van der Waals surface area (Å²) in [5.74, 6) is 2.91. The summed E-state index contributed by atoms with van der Waals surface area (Å²) in [5.41, 5.74) is 10.1. The number of aromatic nitrogens is 3. The fraction of sp³-hybridized carbons (Fsp3) is 0.0189. The van der Waals surface area contributed by atoms with Crippen LogP contribution in [0.1, 0.15) is 16.7 Å². The van der Waals surface area contributed by atoms with Crippen LogP contribution in [-0.4, -0.2) is 26.6 Å². The number of hydrogen-bond donors (Lipinski definition) is 0. The number of nitrogens with zero attached hydrogens (tertiary/aromatic N) is 6. The van der Waals surface area contributed by atoms with Crippen LogP contribution < -0.4 is 0 Å². The maximum absolute atomic E-state index is 5.83. The number of rotatable bonds is 9. The Morgan fingerprint density at radius 3 is 1.31 bits per heavy atom. The molecule has 0 bridgehead atoms. The molecule has 278 valence electrons. The van der Waals surface area contributed by atoms with Gasteiger partial charge in [-0.15, -0.1) is 0 Å². The van der Waals surface area contributed by atoms with Gasteiger partial charge in [0.25, 0.3) is 5.84 Å². The maximum atomic E-state index is 5.83. The first kappa shape index (κ1) is 36.5. The summed E-state index contributed by atoms with van der Waals surface area (Å²) in [6, 6.07) is 69.9. The molecule has 0 aliphatic rings. The van der Waals surface area contributed by atoms with Crippen molar-refractivity contribution in [3.8, 4) is 63.0 Å². The predicted molar refractivity (Wildman–Crippen MR) is 242 cm³/mol. The molecule has 1 aromatic heterocycles. The van der Waals surface area contributed by atoms with Gasteiger partial charge in [0.15, 0.2) is 17.5 Å². The molecular formula is C53H37N6+. The van der Waals surface area contributed by atoms with Gasteiger partial charge in [-0.25, -0.2) is 19.9 Å². The molecule has 9 rings (SSSR count). The third kappa shape index (κ3) is 8.36. The molecule has 0 unspecified atom stereocenters. The van der Waals surface area contributed by atoms with Gasteiger partial charge in [-0.3, -0.25) is 0 Å². The fourth-order valence-electron chi connectivity index (χ4n) is 6.96.